The van der Waals surface area contributed by atoms with Crippen molar-refractivity contribution in [2.45, 2.75) is 11.4 Å². The van der Waals surface area contributed by atoms with Crippen molar-refractivity contribution < 1.29 is 31.7 Å². The first kappa shape index (κ1) is 23.3. The molecule has 0 radical (unpaired) electrons. The van der Waals surface area contributed by atoms with Crippen molar-refractivity contribution in [2.24, 2.45) is 0 Å². The minimum absolute atomic E-state index is 0.00395. The van der Waals surface area contributed by atoms with Crippen molar-refractivity contribution in [1.82, 2.24) is 4.90 Å². The number of amides is 2. The number of carbonyl (C=O) groups excluding carboxylic acids is 2. The van der Waals surface area contributed by atoms with Gasteiger partial charge in [-0.25, -0.2) is 0 Å². The second kappa shape index (κ2) is 9.29. The first-order chi connectivity index (χ1) is 16.8. The van der Waals surface area contributed by atoms with E-state index in [1.54, 1.807) is 48.5 Å². The first-order valence-corrected chi connectivity index (χ1v) is 12.8. The molecule has 0 N–H and O–H groups in total. The summed E-state index contributed by atoms with van der Waals surface area (Å²) in [5.74, 6) is 0.476. The molecule has 11 heteroatoms. The zero-order valence-electron chi connectivity index (χ0n) is 17.8. The predicted octanol–water partition coefficient (Wildman–Crippen LogP) is 5.07. The zero-order valence-corrected chi connectivity index (χ0v) is 20.2. The SMILES string of the molecule is O=C1S/C(=C\c2ccccc2OS(=O)(=O)c2ccccc2)C(=O)N1Cc1cc2c(cc1Cl)OCO2. The quantitative estimate of drug-likeness (QED) is 0.322. The van der Waals surface area contributed by atoms with Crippen LogP contribution >= 0.6 is 23.4 Å². The van der Waals surface area contributed by atoms with Crippen LogP contribution in [-0.4, -0.2) is 31.3 Å². The van der Waals surface area contributed by atoms with Gasteiger partial charge in [-0.1, -0.05) is 48.0 Å². The number of hydrogen-bond acceptors (Lipinski definition) is 8. The van der Waals surface area contributed by atoms with Crippen LogP contribution in [0.5, 0.6) is 17.2 Å². The number of rotatable bonds is 6. The van der Waals surface area contributed by atoms with E-state index < -0.39 is 21.3 Å². The van der Waals surface area contributed by atoms with Crippen LogP contribution in [0.2, 0.25) is 5.02 Å². The fraction of sp³-hybridized carbons (Fsp3) is 0.0833. The monoisotopic (exact) mass is 529 g/mol. The number of ether oxygens (including phenoxy) is 2. The summed E-state index contributed by atoms with van der Waals surface area (Å²) in [7, 11) is -4.09. The summed E-state index contributed by atoms with van der Waals surface area (Å²) in [4.78, 5) is 26.9. The van der Waals surface area contributed by atoms with Gasteiger partial charge in [-0.15, -0.1) is 0 Å². The lowest BCUT2D eigenvalue weighted by Gasteiger charge is -2.14. The molecule has 0 aromatic heterocycles. The second-order valence-corrected chi connectivity index (χ2v) is 10.4. The van der Waals surface area contributed by atoms with Gasteiger partial charge in [-0.3, -0.25) is 14.5 Å². The third kappa shape index (κ3) is 4.72. The Hall–Kier alpha value is -3.47. The first-order valence-electron chi connectivity index (χ1n) is 10.2. The van der Waals surface area contributed by atoms with Crippen molar-refractivity contribution in [3.8, 4) is 17.2 Å². The minimum atomic E-state index is -4.09. The van der Waals surface area contributed by atoms with Crippen molar-refractivity contribution in [2.75, 3.05) is 6.79 Å². The third-order valence-electron chi connectivity index (χ3n) is 5.18. The summed E-state index contributed by atoms with van der Waals surface area (Å²) < 4.78 is 41.3. The van der Waals surface area contributed by atoms with Crippen LogP contribution in [0.15, 0.2) is 76.5 Å². The highest BCUT2D eigenvalue weighted by atomic mass is 35.5. The number of fused-ring (bicyclic) bond motifs is 1. The molecule has 0 unspecified atom stereocenters. The Balaban J connectivity index is 1.40. The molecule has 1 saturated heterocycles. The molecule has 5 rings (SSSR count). The number of hydrogen-bond donors (Lipinski definition) is 0. The van der Waals surface area contributed by atoms with Gasteiger partial charge in [0.2, 0.25) is 6.79 Å². The van der Waals surface area contributed by atoms with E-state index in [0.717, 1.165) is 16.7 Å². The molecule has 0 bridgehead atoms. The molecule has 1 fully saturated rings. The van der Waals surface area contributed by atoms with Crippen LogP contribution < -0.4 is 13.7 Å². The molecule has 35 heavy (non-hydrogen) atoms. The lowest BCUT2D eigenvalue weighted by atomic mass is 10.1. The molecule has 2 heterocycles. The molecule has 178 valence electrons. The van der Waals surface area contributed by atoms with Gasteiger partial charge in [0, 0.05) is 16.7 Å². The highest BCUT2D eigenvalue weighted by Gasteiger charge is 2.36. The van der Waals surface area contributed by atoms with Crippen LogP contribution in [0.4, 0.5) is 4.79 Å². The Morgan fingerprint density at radius 1 is 1.00 bits per heavy atom. The summed E-state index contributed by atoms with van der Waals surface area (Å²) in [5.41, 5.74) is 0.857. The second-order valence-electron chi connectivity index (χ2n) is 7.45. The number of carbonyl (C=O) groups is 2. The maximum atomic E-state index is 13.0. The minimum Gasteiger partial charge on any atom is -0.454 e. The fourth-order valence-corrected chi connectivity index (χ4v) is 5.47. The average Bonchev–Trinajstić information content (AvgIpc) is 3.40. The topological polar surface area (TPSA) is 99.2 Å². The summed E-state index contributed by atoms with van der Waals surface area (Å²) >= 11 is 7.05. The van der Waals surface area contributed by atoms with Gasteiger partial charge in [0.25, 0.3) is 11.1 Å². The van der Waals surface area contributed by atoms with E-state index in [1.807, 2.05) is 0 Å². The van der Waals surface area contributed by atoms with E-state index in [9.17, 15) is 18.0 Å². The van der Waals surface area contributed by atoms with Crippen LogP contribution in [0, 0.1) is 0 Å². The van der Waals surface area contributed by atoms with Crippen molar-refractivity contribution in [3.63, 3.8) is 0 Å². The van der Waals surface area contributed by atoms with Gasteiger partial charge in [-0.2, -0.15) is 8.42 Å². The van der Waals surface area contributed by atoms with E-state index >= 15 is 0 Å². The third-order valence-corrected chi connectivity index (χ3v) is 7.69. The Morgan fingerprint density at radius 2 is 1.69 bits per heavy atom. The van der Waals surface area contributed by atoms with Crippen molar-refractivity contribution in [3.05, 3.63) is 87.8 Å². The molecule has 0 spiro atoms. The summed E-state index contributed by atoms with van der Waals surface area (Å²) in [6.45, 7) is 0.0128. The maximum Gasteiger partial charge on any atom is 0.339 e. The number of halogens is 1. The fourth-order valence-electron chi connectivity index (χ4n) is 3.46. The smallest absolute Gasteiger partial charge is 0.339 e. The van der Waals surface area contributed by atoms with E-state index in [1.165, 1.54) is 24.3 Å². The number of para-hydroxylation sites is 1. The molecule has 0 atom stereocenters. The number of thioether (sulfide) groups is 1. The molecule has 0 aliphatic carbocycles. The summed E-state index contributed by atoms with van der Waals surface area (Å²) in [5, 5.41) is -0.146. The van der Waals surface area contributed by atoms with E-state index in [4.69, 9.17) is 25.3 Å². The molecule has 3 aromatic rings. The van der Waals surface area contributed by atoms with Gasteiger partial charge in [-0.05, 0) is 47.7 Å². The number of imide groups is 1. The Bertz CT molecular complexity index is 1470. The van der Waals surface area contributed by atoms with E-state index in [2.05, 4.69) is 0 Å². The highest BCUT2D eigenvalue weighted by Crippen LogP contribution is 2.40. The summed E-state index contributed by atoms with van der Waals surface area (Å²) in [6, 6.07) is 17.3. The van der Waals surface area contributed by atoms with Crippen LogP contribution in [0.1, 0.15) is 11.1 Å². The van der Waals surface area contributed by atoms with E-state index in [0.29, 0.717) is 27.6 Å². The van der Waals surface area contributed by atoms with Crippen LogP contribution in [0.3, 0.4) is 0 Å². The summed E-state index contributed by atoms with van der Waals surface area (Å²) in [6.07, 6.45) is 1.43. The maximum absolute atomic E-state index is 13.0. The largest absolute Gasteiger partial charge is 0.454 e. The Kier molecular flexibility index (Phi) is 6.18. The Morgan fingerprint density at radius 3 is 2.46 bits per heavy atom. The molecule has 2 aliphatic rings. The number of nitrogens with zero attached hydrogens (tertiary/aromatic N) is 1. The molecule has 2 aliphatic heterocycles. The van der Waals surface area contributed by atoms with Crippen molar-refractivity contribution in [1.29, 1.82) is 0 Å². The molecular formula is C24H16ClNO7S2. The normalized spacial score (nSPS) is 16.3. The van der Waals surface area contributed by atoms with E-state index in [-0.39, 0.29) is 28.9 Å². The van der Waals surface area contributed by atoms with Crippen LogP contribution in [0.25, 0.3) is 6.08 Å². The molecule has 3 aromatic carbocycles. The molecule has 2 amide bonds. The van der Waals surface area contributed by atoms with Gasteiger partial charge in [0.1, 0.15) is 10.6 Å². The lowest BCUT2D eigenvalue weighted by molar-refractivity contribution is -0.123. The van der Waals surface area contributed by atoms with Gasteiger partial charge in [0.15, 0.2) is 11.5 Å². The Labute approximate surface area is 210 Å². The number of benzene rings is 3. The molecular weight excluding hydrogens is 514 g/mol. The van der Waals surface area contributed by atoms with Gasteiger partial charge >= 0.3 is 10.1 Å². The van der Waals surface area contributed by atoms with Gasteiger partial charge in [0.05, 0.1) is 11.4 Å². The van der Waals surface area contributed by atoms with Gasteiger partial charge < -0.3 is 13.7 Å². The van der Waals surface area contributed by atoms with Crippen LogP contribution in [-0.2, 0) is 21.5 Å². The molecule has 0 saturated carbocycles. The zero-order chi connectivity index (χ0) is 24.6. The van der Waals surface area contributed by atoms with Crippen molar-refractivity contribution >= 4 is 50.7 Å². The molecule has 8 nitrogen and oxygen atoms in total. The lowest BCUT2D eigenvalue weighted by Crippen LogP contribution is -2.27. The standard InChI is InChI=1S/C24H16ClNO7S2/c25-18-12-21-20(31-14-32-21)10-16(18)13-26-23(27)22(34-24(26)28)11-15-6-4-5-9-19(15)33-35(29,30)17-7-2-1-3-8-17/h1-12H,13-14H2/b22-11-. The average molecular weight is 530 g/mol. The highest BCUT2D eigenvalue weighted by molar-refractivity contribution is 8.18. The predicted molar refractivity (Wildman–Crippen MR) is 130 cm³/mol.